The van der Waals surface area contributed by atoms with E-state index in [1.165, 1.54) is 0 Å². The summed E-state index contributed by atoms with van der Waals surface area (Å²) in [5, 5.41) is 2.91. The van der Waals surface area contributed by atoms with E-state index < -0.39 is 9.84 Å². The molecule has 20 heavy (non-hydrogen) atoms. The van der Waals surface area contributed by atoms with Crippen LogP contribution in [0.5, 0.6) is 0 Å². The molecule has 0 aromatic rings. The highest BCUT2D eigenvalue weighted by atomic mass is 32.2. The molecule has 0 spiro atoms. The van der Waals surface area contributed by atoms with Crippen LogP contribution in [0.3, 0.4) is 0 Å². The largest absolute Gasteiger partial charge is 0.352 e. The monoisotopic (exact) mass is 302 g/mol. The lowest BCUT2D eigenvalue weighted by Crippen LogP contribution is -2.51. The first-order valence-corrected chi connectivity index (χ1v) is 9.02. The average molecular weight is 302 g/mol. The molecule has 2 saturated heterocycles. The van der Waals surface area contributed by atoms with Gasteiger partial charge in [0.15, 0.2) is 9.84 Å². The molecular weight excluding hydrogens is 280 g/mol. The Bertz CT molecular complexity index is 489. The van der Waals surface area contributed by atoms with Gasteiger partial charge in [-0.1, -0.05) is 6.92 Å². The van der Waals surface area contributed by atoms with E-state index in [2.05, 4.69) is 5.32 Å². The Labute approximate surface area is 119 Å². The molecule has 2 fully saturated rings. The van der Waals surface area contributed by atoms with Crippen LogP contribution in [-0.2, 0) is 19.4 Å². The summed E-state index contributed by atoms with van der Waals surface area (Å²) in [5.74, 6) is -0.364. The summed E-state index contributed by atoms with van der Waals surface area (Å²) < 4.78 is 22.9. The van der Waals surface area contributed by atoms with Gasteiger partial charge in [-0.3, -0.25) is 9.59 Å². The summed E-state index contributed by atoms with van der Waals surface area (Å²) in [5.41, 5.74) is 0. The number of likely N-dealkylation sites (tertiary alicyclic amines) is 1. The molecule has 2 unspecified atom stereocenters. The predicted octanol–water partition coefficient (Wildman–Crippen LogP) is -0.0617. The molecule has 2 atom stereocenters. The zero-order chi connectivity index (χ0) is 14.8. The van der Waals surface area contributed by atoms with Crippen molar-refractivity contribution in [2.24, 2.45) is 5.92 Å². The molecule has 6 nitrogen and oxygen atoms in total. The lowest BCUT2D eigenvalue weighted by atomic mass is 10.0. The molecule has 2 aliphatic rings. The van der Waals surface area contributed by atoms with E-state index in [4.69, 9.17) is 0 Å². The second-order valence-electron chi connectivity index (χ2n) is 5.64. The SMILES string of the molecule is CCC(=O)NC1CCCN(C(=O)C2CCS(=O)(=O)C2)C1. The lowest BCUT2D eigenvalue weighted by Gasteiger charge is -2.34. The standard InChI is InChI=1S/C13H22N2O4S/c1-2-12(16)14-11-4-3-6-15(8-11)13(17)10-5-7-20(18,19)9-10/h10-11H,2-9H2,1H3,(H,14,16). The molecule has 0 radical (unpaired) electrons. The van der Waals surface area contributed by atoms with Crippen LogP contribution < -0.4 is 5.32 Å². The lowest BCUT2D eigenvalue weighted by molar-refractivity contribution is -0.136. The van der Waals surface area contributed by atoms with Gasteiger partial charge >= 0.3 is 0 Å². The average Bonchev–Trinajstić information content (AvgIpc) is 2.78. The minimum Gasteiger partial charge on any atom is -0.352 e. The minimum atomic E-state index is -3.03. The summed E-state index contributed by atoms with van der Waals surface area (Å²) in [4.78, 5) is 25.5. The fourth-order valence-corrected chi connectivity index (χ4v) is 4.61. The zero-order valence-electron chi connectivity index (χ0n) is 11.8. The summed E-state index contributed by atoms with van der Waals surface area (Å²) in [6, 6.07) is -0.00170. The molecule has 0 aromatic heterocycles. The molecule has 114 valence electrons. The van der Waals surface area contributed by atoms with Gasteiger partial charge in [0.2, 0.25) is 11.8 Å². The highest BCUT2D eigenvalue weighted by Gasteiger charge is 2.36. The second kappa shape index (κ2) is 6.11. The van der Waals surface area contributed by atoms with Crippen molar-refractivity contribution in [3.63, 3.8) is 0 Å². The van der Waals surface area contributed by atoms with Gasteiger partial charge in [-0.25, -0.2) is 8.42 Å². The number of nitrogens with one attached hydrogen (secondary N) is 1. The summed E-state index contributed by atoms with van der Waals surface area (Å²) >= 11 is 0. The van der Waals surface area contributed by atoms with Crippen molar-refractivity contribution in [3.8, 4) is 0 Å². The summed E-state index contributed by atoms with van der Waals surface area (Å²) in [6.07, 6.45) is 2.59. The Morgan fingerprint density at radius 2 is 2.05 bits per heavy atom. The van der Waals surface area contributed by atoms with Crippen LogP contribution in [0.1, 0.15) is 32.6 Å². The van der Waals surface area contributed by atoms with Gasteiger partial charge in [-0.05, 0) is 19.3 Å². The number of rotatable bonds is 3. The smallest absolute Gasteiger partial charge is 0.226 e. The van der Waals surface area contributed by atoms with Gasteiger partial charge in [0.05, 0.1) is 17.4 Å². The van der Waals surface area contributed by atoms with Crippen molar-refractivity contribution < 1.29 is 18.0 Å². The number of sulfone groups is 1. The van der Waals surface area contributed by atoms with Crippen molar-refractivity contribution in [3.05, 3.63) is 0 Å². The van der Waals surface area contributed by atoms with E-state index in [0.29, 0.717) is 25.9 Å². The fraction of sp³-hybridized carbons (Fsp3) is 0.846. The van der Waals surface area contributed by atoms with E-state index in [0.717, 1.165) is 12.8 Å². The van der Waals surface area contributed by atoms with Crippen molar-refractivity contribution in [1.82, 2.24) is 10.2 Å². The van der Waals surface area contributed by atoms with Crippen molar-refractivity contribution in [2.45, 2.75) is 38.6 Å². The molecule has 1 N–H and O–H groups in total. The molecule has 2 rings (SSSR count). The van der Waals surface area contributed by atoms with E-state index in [1.807, 2.05) is 0 Å². The van der Waals surface area contributed by atoms with Gasteiger partial charge in [-0.15, -0.1) is 0 Å². The second-order valence-corrected chi connectivity index (χ2v) is 7.87. The molecule has 0 bridgehead atoms. The number of hydrogen-bond donors (Lipinski definition) is 1. The minimum absolute atomic E-state index is 0.00170. The number of piperidine rings is 1. The van der Waals surface area contributed by atoms with Crippen molar-refractivity contribution in [2.75, 3.05) is 24.6 Å². The molecule has 2 amide bonds. The number of carbonyl (C=O) groups is 2. The maximum atomic E-state index is 12.3. The Morgan fingerprint density at radius 1 is 1.30 bits per heavy atom. The Hall–Kier alpha value is -1.11. The first-order valence-electron chi connectivity index (χ1n) is 7.20. The third-order valence-electron chi connectivity index (χ3n) is 4.00. The maximum absolute atomic E-state index is 12.3. The number of amides is 2. The Balaban J connectivity index is 1.92. The van der Waals surface area contributed by atoms with E-state index in [9.17, 15) is 18.0 Å². The highest BCUT2D eigenvalue weighted by Crippen LogP contribution is 2.22. The van der Waals surface area contributed by atoms with Crippen LogP contribution in [0.25, 0.3) is 0 Å². The Morgan fingerprint density at radius 3 is 2.65 bits per heavy atom. The molecule has 0 aliphatic carbocycles. The van der Waals surface area contributed by atoms with Crippen molar-refractivity contribution in [1.29, 1.82) is 0 Å². The van der Waals surface area contributed by atoms with Gasteiger partial charge < -0.3 is 10.2 Å². The van der Waals surface area contributed by atoms with Crippen LogP contribution in [-0.4, -0.2) is 55.8 Å². The van der Waals surface area contributed by atoms with Crippen LogP contribution >= 0.6 is 0 Å². The molecule has 0 saturated carbocycles. The first-order chi connectivity index (χ1) is 9.41. The summed E-state index contributed by atoms with van der Waals surface area (Å²) in [7, 11) is -3.03. The first kappa shape index (κ1) is 15.3. The van der Waals surface area contributed by atoms with Gasteiger partial charge in [-0.2, -0.15) is 0 Å². The van der Waals surface area contributed by atoms with Crippen LogP contribution in [0.15, 0.2) is 0 Å². The topological polar surface area (TPSA) is 83.6 Å². The normalized spacial score (nSPS) is 29.1. The zero-order valence-corrected chi connectivity index (χ0v) is 12.6. The number of hydrogen-bond acceptors (Lipinski definition) is 4. The van der Waals surface area contributed by atoms with Crippen molar-refractivity contribution >= 4 is 21.7 Å². The van der Waals surface area contributed by atoms with Gasteiger partial charge in [0, 0.05) is 25.6 Å². The predicted molar refractivity (Wildman–Crippen MR) is 74.8 cm³/mol. The molecule has 2 aliphatic heterocycles. The van der Waals surface area contributed by atoms with Crippen LogP contribution in [0.4, 0.5) is 0 Å². The van der Waals surface area contributed by atoms with Crippen LogP contribution in [0, 0.1) is 5.92 Å². The third-order valence-corrected chi connectivity index (χ3v) is 5.77. The molecule has 2 heterocycles. The number of carbonyl (C=O) groups excluding carboxylic acids is 2. The molecular formula is C13H22N2O4S. The van der Waals surface area contributed by atoms with E-state index >= 15 is 0 Å². The highest BCUT2D eigenvalue weighted by molar-refractivity contribution is 7.91. The summed E-state index contributed by atoms with van der Waals surface area (Å²) in [6.45, 7) is 2.96. The van der Waals surface area contributed by atoms with Crippen LogP contribution in [0.2, 0.25) is 0 Å². The molecule has 0 aromatic carbocycles. The third kappa shape index (κ3) is 3.71. The van der Waals surface area contributed by atoms with Gasteiger partial charge in [0.1, 0.15) is 0 Å². The molecule has 7 heteroatoms. The quantitative estimate of drug-likeness (QED) is 0.791. The van der Waals surface area contributed by atoms with E-state index in [-0.39, 0.29) is 35.3 Å². The van der Waals surface area contributed by atoms with E-state index in [1.54, 1.807) is 11.8 Å². The van der Waals surface area contributed by atoms with Gasteiger partial charge in [0.25, 0.3) is 0 Å². The fourth-order valence-electron chi connectivity index (χ4n) is 2.87. The maximum Gasteiger partial charge on any atom is 0.226 e. The number of nitrogens with zero attached hydrogens (tertiary/aromatic N) is 1. The Kier molecular flexibility index (Phi) is 4.67.